The number of carbonyl (C=O) groups excluding carboxylic acids is 2. The standard InChI is InChI=1S/C24H19FN4O4/c1-14-6-4-10-18-21(17-9-2-3-11-19(17)25)27-23(26)24(31)28(22(14)18)13-20(30)15-7-5-8-16(12-15)29(32)33/h2-12,23H,13,26H2,1H3/t23-/m0/s1. The average Bonchev–Trinajstić information content (AvgIpc) is 2.90. The normalized spacial score (nSPS) is 15.5. The third-order valence-corrected chi connectivity index (χ3v) is 5.36. The zero-order valence-corrected chi connectivity index (χ0v) is 17.6. The molecule has 1 atom stereocenters. The second-order valence-electron chi connectivity index (χ2n) is 7.53. The van der Waals surface area contributed by atoms with Gasteiger partial charge in [0.25, 0.3) is 11.6 Å². The third kappa shape index (κ3) is 4.13. The Morgan fingerprint density at radius 2 is 1.82 bits per heavy atom. The number of para-hydroxylation sites is 1. The Bertz CT molecular complexity index is 1320. The van der Waals surface area contributed by atoms with Gasteiger partial charge in [-0.15, -0.1) is 0 Å². The quantitative estimate of drug-likeness (QED) is 0.366. The molecular formula is C24H19FN4O4. The number of nitro benzene ring substituents is 1. The number of rotatable bonds is 5. The van der Waals surface area contributed by atoms with Gasteiger partial charge >= 0.3 is 0 Å². The first kappa shape index (κ1) is 22.0. The van der Waals surface area contributed by atoms with Gasteiger partial charge in [-0.05, 0) is 24.6 Å². The number of Topliss-reactive ketones (excluding diaryl/α,β-unsaturated/α-hetero) is 1. The monoisotopic (exact) mass is 446 g/mol. The number of hydrogen-bond donors (Lipinski definition) is 1. The van der Waals surface area contributed by atoms with Crippen molar-refractivity contribution in [3.05, 3.63) is 105 Å². The van der Waals surface area contributed by atoms with E-state index in [-0.39, 0.29) is 22.5 Å². The van der Waals surface area contributed by atoms with Crippen LogP contribution in [0.5, 0.6) is 0 Å². The smallest absolute Gasteiger partial charge is 0.270 e. The van der Waals surface area contributed by atoms with E-state index in [2.05, 4.69) is 4.99 Å². The molecule has 0 aliphatic carbocycles. The van der Waals surface area contributed by atoms with E-state index in [1.807, 2.05) is 0 Å². The number of ketones is 1. The van der Waals surface area contributed by atoms with E-state index >= 15 is 0 Å². The van der Waals surface area contributed by atoms with Gasteiger partial charge < -0.3 is 10.6 Å². The van der Waals surface area contributed by atoms with Gasteiger partial charge in [0.2, 0.25) is 0 Å². The molecule has 33 heavy (non-hydrogen) atoms. The van der Waals surface area contributed by atoms with Crippen molar-refractivity contribution in [3.8, 4) is 0 Å². The maximum Gasteiger partial charge on any atom is 0.270 e. The van der Waals surface area contributed by atoms with Gasteiger partial charge in [0.15, 0.2) is 11.9 Å². The third-order valence-electron chi connectivity index (χ3n) is 5.36. The van der Waals surface area contributed by atoms with Crippen LogP contribution in [0.4, 0.5) is 15.8 Å². The van der Waals surface area contributed by atoms with Crippen molar-refractivity contribution in [3.63, 3.8) is 0 Å². The van der Waals surface area contributed by atoms with Crippen molar-refractivity contribution in [2.75, 3.05) is 11.4 Å². The first-order valence-corrected chi connectivity index (χ1v) is 10.0. The van der Waals surface area contributed by atoms with E-state index in [9.17, 15) is 24.1 Å². The average molecular weight is 446 g/mol. The highest BCUT2D eigenvalue weighted by atomic mass is 19.1. The number of aryl methyl sites for hydroxylation is 1. The van der Waals surface area contributed by atoms with Crippen LogP contribution in [0.3, 0.4) is 0 Å². The molecule has 1 amide bonds. The molecular weight excluding hydrogens is 427 g/mol. The van der Waals surface area contributed by atoms with Crippen LogP contribution in [0.15, 0.2) is 71.7 Å². The Kier molecular flexibility index (Phi) is 5.80. The lowest BCUT2D eigenvalue weighted by Crippen LogP contribution is -2.45. The number of anilines is 1. The summed E-state index contributed by atoms with van der Waals surface area (Å²) in [6.07, 6.45) is -1.37. The van der Waals surface area contributed by atoms with Gasteiger partial charge in [-0.2, -0.15) is 0 Å². The van der Waals surface area contributed by atoms with Crippen LogP contribution in [0, 0.1) is 22.9 Å². The largest absolute Gasteiger partial charge is 0.302 e. The highest BCUT2D eigenvalue weighted by Crippen LogP contribution is 2.32. The number of fused-ring (bicyclic) bond motifs is 1. The number of hydrogen-bond acceptors (Lipinski definition) is 6. The molecule has 4 rings (SSSR count). The van der Waals surface area contributed by atoms with E-state index in [4.69, 9.17) is 5.73 Å². The first-order chi connectivity index (χ1) is 15.8. The summed E-state index contributed by atoms with van der Waals surface area (Å²) in [6.45, 7) is 1.35. The number of nitro groups is 1. The molecule has 0 fully saturated rings. The summed E-state index contributed by atoms with van der Waals surface area (Å²) in [7, 11) is 0. The molecule has 0 aromatic heterocycles. The van der Waals surface area contributed by atoms with Crippen LogP contribution in [-0.2, 0) is 4.79 Å². The summed E-state index contributed by atoms with van der Waals surface area (Å²) in [5.41, 5.74) is 7.78. The van der Waals surface area contributed by atoms with Crippen molar-refractivity contribution in [1.82, 2.24) is 0 Å². The number of halogens is 1. The van der Waals surface area contributed by atoms with Gasteiger partial charge in [0.1, 0.15) is 5.82 Å². The fourth-order valence-corrected chi connectivity index (χ4v) is 3.79. The van der Waals surface area contributed by atoms with Crippen LogP contribution in [-0.4, -0.2) is 35.0 Å². The molecule has 1 aliphatic heterocycles. The molecule has 1 aliphatic rings. The van der Waals surface area contributed by atoms with Crippen molar-refractivity contribution < 1.29 is 18.9 Å². The first-order valence-electron chi connectivity index (χ1n) is 10.0. The number of benzene rings is 3. The van der Waals surface area contributed by atoms with Crippen LogP contribution < -0.4 is 10.6 Å². The van der Waals surface area contributed by atoms with Gasteiger partial charge in [-0.3, -0.25) is 24.7 Å². The molecule has 0 radical (unpaired) electrons. The summed E-state index contributed by atoms with van der Waals surface area (Å²) in [4.78, 5) is 42.2. The Hall–Kier alpha value is -4.24. The van der Waals surface area contributed by atoms with Gasteiger partial charge in [-0.1, -0.05) is 42.5 Å². The molecule has 0 saturated heterocycles. The predicted molar refractivity (Wildman–Crippen MR) is 121 cm³/mol. The lowest BCUT2D eigenvalue weighted by Gasteiger charge is -2.25. The second kappa shape index (κ2) is 8.71. The van der Waals surface area contributed by atoms with Gasteiger partial charge in [0, 0.05) is 28.8 Å². The minimum Gasteiger partial charge on any atom is -0.302 e. The molecule has 3 aromatic rings. The number of nitrogens with zero attached hydrogens (tertiary/aromatic N) is 3. The Morgan fingerprint density at radius 3 is 2.55 bits per heavy atom. The fraction of sp³-hybridized carbons (Fsp3) is 0.125. The van der Waals surface area contributed by atoms with Gasteiger partial charge in [0.05, 0.1) is 22.9 Å². The van der Waals surface area contributed by atoms with Crippen molar-refractivity contribution in [1.29, 1.82) is 0 Å². The van der Waals surface area contributed by atoms with Crippen LogP contribution in [0.25, 0.3) is 0 Å². The summed E-state index contributed by atoms with van der Waals surface area (Å²) < 4.78 is 14.6. The zero-order valence-electron chi connectivity index (χ0n) is 17.6. The molecule has 0 spiro atoms. The molecule has 1 heterocycles. The summed E-state index contributed by atoms with van der Waals surface area (Å²) >= 11 is 0. The minimum atomic E-state index is -1.37. The molecule has 0 saturated carbocycles. The molecule has 9 heteroatoms. The maximum absolute atomic E-state index is 14.6. The lowest BCUT2D eigenvalue weighted by molar-refractivity contribution is -0.384. The van der Waals surface area contributed by atoms with Crippen molar-refractivity contribution in [2.45, 2.75) is 13.1 Å². The topological polar surface area (TPSA) is 119 Å². The Balaban J connectivity index is 1.81. The summed E-state index contributed by atoms with van der Waals surface area (Å²) in [6, 6.07) is 16.5. The highest BCUT2D eigenvalue weighted by Gasteiger charge is 2.33. The summed E-state index contributed by atoms with van der Waals surface area (Å²) in [5, 5.41) is 11.1. The lowest BCUT2D eigenvalue weighted by atomic mass is 9.97. The summed E-state index contributed by atoms with van der Waals surface area (Å²) in [5.74, 6) is -1.68. The van der Waals surface area contributed by atoms with Crippen molar-refractivity contribution in [2.24, 2.45) is 10.7 Å². The molecule has 166 valence electrons. The minimum absolute atomic E-state index is 0.0835. The van der Waals surface area contributed by atoms with Crippen molar-refractivity contribution >= 4 is 28.8 Å². The molecule has 3 aromatic carbocycles. The molecule has 8 nitrogen and oxygen atoms in total. The van der Waals surface area contributed by atoms with Crippen LogP contribution >= 0.6 is 0 Å². The fourth-order valence-electron chi connectivity index (χ4n) is 3.79. The number of non-ortho nitro benzene ring substituents is 1. The van der Waals surface area contributed by atoms with Crippen LogP contribution in [0.2, 0.25) is 0 Å². The van der Waals surface area contributed by atoms with Gasteiger partial charge in [-0.25, -0.2) is 4.39 Å². The number of nitrogens with two attached hydrogens (primary N) is 1. The molecule has 0 unspecified atom stereocenters. The molecule has 0 bridgehead atoms. The van der Waals surface area contributed by atoms with E-state index in [0.717, 1.165) is 6.07 Å². The van der Waals surface area contributed by atoms with Crippen LogP contribution in [0.1, 0.15) is 27.0 Å². The highest BCUT2D eigenvalue weighted by molar-refractivity contribution is 6.21. The zero-order chi connectivity index (χ0) is 23.7. The SMILES string of the molecule is Cc1cccc2c1N(CC(=O)c1cccc([N+](=O)[O-])c1)C(=O)[C@@H](N)N=C2c1ccccc1F. The molecule has 2 N–H and O–H groups in total. The number of aliphatic imine (C=N–C) groups is 1. The van der Waals surface area contributed by atoms with E-state index in [1.165, 1.54) is 29.2 Å². The Morgan fingerprint density at radius 1 is 1.12 bits per heavy atom. The van der Waals surface area contributed by atoms with E-state index < -0.39 is 35.1 Å². The Labute approximate surface area is 188 Å². The number of benzodiazepines with no additional fused rings is 1. The number of amides is 1. The second-order valence-corrected chi connectivity index (χ2v) is 7.53. The van der Waals surface area contributed by atoms with E-state index in [1.54, 1.807) is 43.3 Å². The van der Waals surface area contributed by atoms with E-state index in [0.29, 0.717) is 16.8 Å². The predicted octanol–water partition coefficient (Wildman–Crippen LogP) is 3.39. The maximum atomic E-state index is 14.6. The number of carbonyl (C=O) groups is 2.